The van der Waals surface area contributed by atoms with Crippen molar-refractivity contribution >= 4 is 23.6 Å². The standard InChI is InChI=1S/C21H24N2O5/c1-4-22-21(25)14-28-17-8-6-16(7-9-17)23-20(24)10-5-15-11-18(26-2)13-19(12-15)27-3/h5-13H,4,14H2,1-3H3,(H,22,25)(H,23,24)/b10-5+. The molecule has 2 aromatic rings. The average Bonchev–Trinajstić information content (AvgIpc) is 2.71. The zero-order chi connectivity index (χ0) is 20.4. The first-order valence-corrected chi connectivity index (χ1v) is 8.75. The molecule has 148 valence electrons. The van der Waals surface area contributed by atoms with Gasteiger partial charge < -0.3 is 24.8 Å². The van der Waals surface area contributed by atoms with Crippen LogP contribution in [0.5, 0.6) is 17.2 Å². The maximum atomic E-state index is 12.1. The van der Waals surface area contributed by atoms with Gasteiger partial charge in [-0.25, -0.2) is 0 Å². The van der Waals surface area contributed by atoms with Crippen LogP contribution in [0.15, 0.2) is 48.5 Å². The van der Waals surface area contributed by atoms with Crippen LogP contribution in [0, 0.1) is 0 Å². The van der Waals surface area contributed by atoms with Gasteiger partial charge in [-0.05, 0) is 55.0 Å². The van der Waals surface area contributed by atoms with E-state index in [1.165, 1.54) is 6.08 Å². The molecule has 0 aliphatic rings. The summed E-state index contributed by atoms with van der Waals surface area (Å²) in [6.45, 7) is 2.35. The van der Waals surface area contributed by atoms with Gasteiger partial charge >= 0.3 is 0 Å². The number of nitrogens with one attached hydrogen (secondary N) is 2. The molecule has 2 N–H and O–H groups in total. The third kappa shape index (κ3) is 6.68. The van der Waals surface area contributed by atoms with E-state index in [2.05, 4.69) is 10.6 Å². The Kier molecular flexibility index (Phi) is 7.90. The van der Waals surface area contributed by atoms with Crippen LogP contribution in [0.3, 0.4) is 0 Å². The lowest BCUT2D eigenvalue weighted by Crippen LogP contribution is -2.28. The molecule has 7 nitrogen and oxygen atoms in total. The van der Waals surface area contributed by atoms with Crippen molar-refractivity contribution in [2.75, 3.05) is 32.7 Å². The molecule has 0 aliphatic heterocycles. The molecule has 0 bridgehead atoms. The Balaban J connectivity index is 1.92. The lowest BCUT2D eigenvalue weighted by atomic mass is 10.2. The molecular weight excluding hydrogens is 360 g/mol. The Labute approximate surface area is 164 Å². The molecule has 0 aromatic heterocycles. The van der Waals surface area contributed by atoms with Gasteiger partial charge in [0, 0.05) is 24.4 Å². The maximum absolute atomic E-state index is 12.1. The van der Waals surface area contributed by atoms with Gasteiger partial charge in [0.2, 0.25) is 5.91 Å². The number of amides is 2. The Morgan fingerprint density at radius 3 is 2.18 bits per heavy atom. The van der Waals surface area contributed by atoms with Crippen molar-refractivity contribution in [3.8, 4) is 17.2 Å². The number of carbonyl (C=O) groups is 2. The van der Waals surface area contributed by atoms with Crippen LogP contribution in [0.1, 0.15) is 12.5 Å². The van der Waals surface area contributed by atoms with E-state index in [9.17, 15) is 9.59 Å². The molecule has 0 heterocycles. The van der Waals surface area contributed by atoms with E-state index in [0.717, 1.165) is 5.56 Å². The summed E-state index contributed by atoms with van der Waals surface area (Å²) in [5.41, 5.74) is 1.39. The van der Waals surface area contributed by atoms with Crippen molar-refractivity contribution in [1.29, 1.82) is 0 Å². The van der Waals surface area contributed by atoms with Crippen LogP contribution in [-0.2, 0) is 9.59 Å². The smallest absolute Gasteiger partial charge is 0.257 e. The third-order valence-electron chi connectivity index (χ3n) is 3.67. The Hall–Kier alpha value is -3.48. The molecule has 0 unspecified atom stereocenters. The highest BCUT2D eigenvalue weighted by Crippen LogP contribution is 2.23. The molecule has 0 atom stereocenters. The number of hydrogen-bond donors (Lipinski definition) is 2. The van der Waals surface area contributed by atoms with Crippen LogP contribution in [0.25, 0.3) is 6.08 Å². The largest absolute Gasteiger partial charge is 0.497 e. The number of rotatable bonds is 9. The fourth-order valence-corrected chi connectivity index (χ4v) is 2.31. The summed E-state index contributed by atoms with van der Waals surface area (Å²) in [4.78, 5) is 23.5. The molecule has 2 amide bonds. The third-order valence-corrected chi connectivity index (χ3v) is 3.67. The monoisotopic (exact) mass is 384 g/mol. The molecule has 2 aromatic carbocycles. The van der Waals surface area contributed by atoms with Crippen molar-refractivity contribution in [3.05, 3.63) is 54.1 Å². The second kappa shape index (κ2) is 10.6. The van der Waals surface area contributed by atoms with Gasteiger partial charge in [-0.2, -0.15) is 0 Å². The van der Waals surface area contributed by atoms with E-state index in [1.807, 2.05) is 6.92 Å². The van der Waals surface area contributed by atoms with E-state index in [4.69, 9.17) is 14.2 Å². The predicted molar refractivity (Wildman–Crippen MR) is 108 cm³/mol. The first-order chi connectivity index (χ1) is 13.5. The van der Waals surface area contributed by atoms with E-state index in [1.54, 1.807) is 62.8 Å². The average molecular weight is 384 g/mol. The Morgan fingerprint density at radius 2 is 1.61 bits per heavy atom. The van der Waals surface area contributed by atoms with Crippen molar-refractivity contribution in [2.45, 2.75) is 6.92 Å². The van der Waals surface area contributed by atoms with Crippen LogP contribution < -0.4 is 24.8 Å². The second-order valence-electron chi connectivity index (χ2n) is 5.74. The molecular formula is C21H24N2O5. The Morgan fingerprint density at radius 1 is 0.964 bits per heavy atom. The lowest BCUT2D eigenvalue weighted by Gasteiger charge is -2.08. The highest BCUT2D eigenvalue weighted by Gasteiger charge is 2.03. The highest BCUT2D eigenvalue weighted by molar-refractivity contribution is 6.02. The number of carbonyl (C=O) groups excluding carboxylic acids is 2. The second-order valence-corrected chi connectivity index (χ2v) is 5.74. The van der Waals surface area contributed by atoms with Gasteiger partial charge in [0.05, 0.1) is 14.2 Å². The predicted octanol–water partition coefficient (Wildman–Crippen LogP) is 2.87. The minimum atomic E-state index is -0.280. The summed E-state index contributed by atoms with van der Waals surface area (Å²) >= 11 is 0. The first-order valence-electron chi connectivity index (χ1n) is 8.75. The summed E-state index contributed by atoms with van der Waals surface area (Å²) < 4.78 is 15.8. The van der Waals surface area contributed by atoms with Gasteiger partial charge in [-0.1, -0.05) is 0 Å². The molecule has 28 heavy (non-hydrogen) atoms. The van der Waals surface area contributed by atoms with E-state index in [0.29, 0.717) is 29.5 Å². The quantitative estimate of drug-likeness (QED) is 0.650. The van der Waals surface area contributed by atoms with Crippen LogP contribution in [-0.4, -0.2) is 39.2 Å². The first kappa shape index (κ1) is 20.8. The number of anilines is 1. The lowest BCUT2D eigenvalue weighted by molar-refractivity contribution is -0.123. The number of ether oxygens (including phenoxy) is 3. The van der Waals surface area contributed by atoms with Gasteiger partial charge in [0.1, 0.15) is 17.2 Å². The molecule has 0 saturated carbocycles. The topological polar surface area (TPSA) is 85.9 Å². The van der Waals surface area contributed by atoms with Gasteiger partial charge in [0.25, 0.3) is 5.91 Å². The number of likely N-dealkylation sites (N-methyl/N-ethyl adjacent to an activating group) is 1. The van der Waals surface area contributed by atoms with Gasteiger partial charge in [0.15, 0.2) is 6.61 Å². The molecule has 0 spiro atoms. The molecule has 0 fully saturated rings. The van der Waals surface area contributed by atoms with Gasteiger partial charge in [-0.3, -0.25) is 9.59 Å². The number of hydrogen-bond acceptors (Lipinski definition) is 5. The molecule has 7 heteroatoms. The van der Waals surface area contributed by atoms with Crippen LogP contribution in [0.2, 0.25) is 0 Å². The van der Waals surface area contributed by atoms with Crippen molar-refractivity contribution in [3.63, 3.8) is 0 Å². The zero-order valence-corrected chi connectivity index (χ0v) is 16.2. The minimum absolute atomic E-state index is 0.0493. The van der Waals surface area contributed by atoms with Crippen LogP contribution in [0.4, 0.5) is 5.69 Å². The molecule has 0 radical (unpaired) electrons. The number of methoxy groups -OCH3 is 2. The van der Waals surface area contributed by atoms with Crippen LogP contribution >= 0.6 is 0 Å². The summed E-state index contributed by atoms with van der Waals surface area (Å²) in [6, 6.07) is 12.1. The molecule has 2 rings (SSSR count). The summed E-state index contributed by atoms with van der Waals surface area (Å²) in [6.07, 6.45) is 3.10. The molecule has 0 saturated heterocycles. The van der Waals surface area contributed by atoms with Crippen molar-refractivity contribution < 1.29 is 23.8 Å². The summed E-state index contributed by atoms with van der Waals surface area (Å²) in [5, 5.41) is 5.41. The Bertz CT molecular complexity index is 809. The van der Waals surface area contributed by atoms with E-state index >= 15 is 0 Å². The fraction of sp³-hybridized carbons (Fsp3) is 0.238. The number of benzene rings is 2. The van der Waals surface area contributed by atoms with E-state index < -0.39 is 0 Å². The van der Waals surface area contributed by atoms with Crippen molar-refractivity contribution in [2.24, 2.45) is 0 Å². The maximum Gasteiger partial charge on any atom is 0.257 e. The highest BCUT2D eigenvalue weighted by atomic mass is 16.5. The minimum Gasteiger partial charge on any atom is -0.497 e. The summed E-state index contributed by atoms with van der Waals surface area (Å²) in [5.74, 6) is 1.37. The van der Waals surface area contributed by atoms with Crippen molar-refractivity contribution in [1.82, 2.24) is 5.32 Å². The normalized spacial score (nSPS) is 10.4. The summed E-state index contributed by atoms with van der Waals surface area (Å²) in [7, 11) is 3.14. The molecule has 0 aliphatic carbocycles. The SMILES string of the molecule is CCNC(=O)COc1ccc(NC(=O)/C=C/c2cc(OC)cc(OC)c2)cc1. The zero-order valence-electron chi connectivity index (χ0n) is 16.2. The fourth-order valence-electron chi connectivity index (χ4n) is 2.31. The van der Waals surface area contributed by atoms with Gasteiger partial charge in [-0.15, -0.1) is 0 Å². The van der Waals surface area contributed by atoms with E-state index in [-0.39, 0.29) is 18.4 Å².